The van der Waals surface area contributed by atoms with Crippen LogP contribution in [0.4, 0.5) is 10.8 Å². The molecule has 7 nitrogen and oxygen atoms in total. The number of aryl methyl sites for hydroxylation is 1. The molecule has 1 heterocycles. The van der Waals surface area contributed by atoms with Crippen molar-refractivity contribution in [2.75, 3.05) is 21.6 Å². The van der Waals surface area contributed by atoms with Crippen molar-refractivity contribution in [3.8, 4) is 0 Å². The second kappa shape index (κ2) is 9.22. The minimum absolute atomic E-state index is 0.278. The molecule has 0 aliphatic heterocycles. The van der Waals surface area contributed by atoms with Gasteiger partial charge in [-0.1, -0.05) is 54.6 Å². The molecule has 27 heavy (non-hydrogen) atoms. The van der Waals surface area contributed by atoms with Gasteiger partial charge in [-0.15, -0.1) is 10.2 Å². The van der Waals surface area contributed by atoms with Gasteiger partial charge in [0.05, 0.1) is 11.9 Å². The van der Waals surface area contributed by atoms with Crippen molar-refractivity contribution in [2.45, 2.75) is 37.6 Å². The molecule has 0 saturated heterocycles. The average Bonchev–Trinajstić information content (AvgIpc) is 3.01. The number of rotatable bonds is 8. The van der Waals surface area contributed by atoms with Crippen LogP contribution in [-0.4, -0.2) is 42.6 Å². The van der Waals surface area contributed by atoms with Crippen LogP contribution in [0.5, 0.6) is 0 Å². The number of aromatic nitrogens is 2. The fourth-order valence-electron chi connectivity index (χ4n) is 2.49. The maximum absolute atomic E-state index is 12.9. The Kier molecular flexibility index (Phi) is 7.49. The highest BCUT2D eigenvalue weighted by Crippen LogP contribution is 2.30. The Morgan fingerprint density at radius 1 is 1.37 bits per heavy atom. The fraction of sp³-hybridized carbons (Fsp3) is 0.438. The lowest BCUT2D eigenvalue weighted by Crippen LogP contribution is -2.47. The third-order valence-corrected chi connectivity index (χ3v) is 6.90. The zero-order valence-corrected chi connectivity index (χ0v) is 18.6. The zero-order valence-electron chi connectivity index (χ0n) is 15.4. The Bertz CT molecular complexity index is 917. The van der Waals surface area contributed by atoms with Gasteiger partial charge in [-0.2, -0.15) is 0 Å². The predicted octanol–water partition coefficient (Wildman–Crippen LogP) is 3.80. The number of nitrogens with zero attached hydrogens (tertiary/aromatic N) is 3. The first-order chi connectivity index (χ1) is 12.7. The van der Waals surface area contributed by atoms with E-state index in [-0.39, 0.29) is 6.42 Å². The maximum atomic E-state index is 12.9. The number of carbonyl (C=O) groups excluding carboxylic acids is 1. The third kappa shape index (κ3) is 5.56. The molecule has 0 spiro atoms. The first-order valence-electron chi connectivity index (χ1n) is 8.20. The van der Waals surface area contributed by atoms with Crippen LogP contribution >= 0.6 is 34.7 Å². The number of amides is 1. The first kappa shape index (κ1) is 21.9. The minimum atomic E-state index is -3.73. The van der Waals surface area contributed by atoms with Gasteiger partial charge >= 0.3 is 0 Å². The topological polar surface area (TPSA) is 92.3 Å². The van der Waals surface area contributed by atoms with Crippen molar-refractivity contribution in [1.29, 1.82) is 0 Å². The Hall–Kier alpha value is -1.36. The number of thioether (sulfide) groups is 1. The molecule has 1 amide bonds. The molecule has 0 saturated carbocycles. The summed E-state index contributed by atoms with van der Waals surface area (Å²) < 4.78 is 26.9. The number of halogens is 1. The summed E-state index contributed by atoms with van der Waals surface area (Å²) in [5.41, 5.74) is 1.08. The summed E-state index contributed by atoms with van der Waals surface area (Å²) in [4.78, 5) is 12.9. The second-order valence-corrected chi connectivity index (χ2v) is 10.5. The van der Waals surface area contributed by atoms with Gasteiger partial charge in [-0.05, 0) is 36.8 Å². The highest BCUT2D eigenvalue weighted by atomic mass is 35.5. The van der Waals surface area contributed by atoms with E-state index in [0.29, 0.717) is 21.4 Å². The summed E-state index contributed by atoms with van der Waals surface area (Å²) in [5.74, 6) is 0.377. The fourth-order valence-corrected chi connectivity index (χ4v) is 5.57. The summed E-state index contributed by atoms with van der Waals surface area (Å²) in [7, 11) is -3.73. The van der Waals surface area contributed by atoms with Crippen molar-refractivity contribution in [2.24, 2.45) is 0 Å². The zero-order chi connectivity index (χ0) is 20.2. The van der Waals surface area contributed by atoms with Crippen LogP contribution in [-0.2, 0) is 14.8 Å². The number of hydrogen-bond donors (Lipinski definition) is 1. The highest BCUT2D eigenvalue weighted by Gasteiger charge is 2.33. The molecule has 1 aromatic carbocycles. The van der Waals surface area contributed by atoms with Crippen LogP contribution in [0.1, 0.15) is 25.8 Å². The molecule has 11 heteroatoms. The van der Waals surface area contributed by atoms with Gasteiger partial charge in [0.2, 0.25) is 21.1 Å². The van der Waals surface area contributed by atoms with Gasteiger partial charge < -0.3 is 0 Å². The van der Waals surface area contributed by atoms with Crippen molar-refractivity contribution in [3.63, 3.8) is 0 Å². The highest BCUT2D eigenvalue weighted by molar-refractivity contribution is 8.01. The van der Waals surface area contributed by atoms with Crippen LogP contribution in [0.25, 0.3) is 0 Å². The number of hydrogen-bond acceptors (Lipinski definition) is 7. The summed E-state index contributed by atoms with van der Waals surface area (Å²) in [6, 6.07) is 4.01. The SMILES string of the molecule is CCSc1nnc(NC(=O)C(CC)N(c2cc(Cl)ccc2C)S(C)(=O)=O)s1. The van der Waals surface area contributed by atoms with Crippen LogP contribution < -0.4 is 9.62 Å². The molecular formula is C16H21ClN4O3S3. The van der Waals surface area contributed by atoms with E-state index in [1.165, 1.54) is 23.1 Å². The van der Waals surface area contributed by atoms with Gasteiger partial charge in [0.25, 0.3) is 0 Å². The van der Waals surface area contributed by atoms with E-state index in [4.69, 9.17) is 11.6 Å². The van der Waals surface area contributed by atoms with E-state index >= 15 is 0 Å². The number of benzene rings is 1. The molecule has 0 fully saturated rings. The van der Waals surface area contributed by atoms with Gasteiger partial charge in [-0.3, -0.25) is 14.4 Å². The molecule has 1 N–H and O–H groups in total. The first-order valence-corrected chi connectivity index (χ1v) is 12.2. The number of sulfonamides is 1. The molecule has 0 aliphatic rings. The Morgan fingerprint density at radius 2 is 2.07 bits per heavy atom. The van der Waals surface area contributed by atoms with E-state index < -0.39 is 22.0 Å². The van der Waals surface area contributed by atoms with E-state index in [2.05, 4.69) is 15.5 Å². The number of nitrogens with one attached hydrogen (secondary N) is 1. The predicted molar refractivity (Wildman–Crippen MR) is 113 cm³/mol. The molecule has 0 bridgehead atoms. The molecule has 1 unspecified atom stereocenters. The Balaban J connectivity index is 2.36. The molecule has 0 aliphatic carbocycles. The van der Waals surface area contributed by atoms with Crippen molar-refractivity contribution >= 4 is 61.4 Å². The molecule has 148 valence electrons. The van der Waals surface area contributed by atoms with E-state index in [1.54, 1.807) is 32.0 Å². The normalized spacial score (nSPS) is 12.6. The van der Waals surface area contributed by atoms with Crippen molar-refractivity contribution in [3.05, 3.63) is 28.8 Å². The van der Waals surface area contributed by atoms with Gasteiger partial charge in [-0.25, -0.2) is 8.42 Å². The summed E-state index contributed by atoms with van der Waals surface area (Å²) in [5, 5.41) is 11.3. The monoisotopic (exact) mass is 448 g/mol. The maximum Gasteiger partial charge on any atom is 0.250 e. The third-order valence-electron chi connectivity index (χ3n) is 3.64. The summed E-state index contributed by atoms with van der Waals surface area (Å²) >= 11 is 8.83. The minimum Gasteiger partial charge on any atom is -0.299 e. The molecule has 2 aromatic rings. The standard InChI is InChI=1S/C16H21ClN4O3S3/c1-5-12(14(22)18-15-19-20-16(26-15)25-6-2)21(27(4,23)24)13-9-11(17)8-7-10(13)3/h7-9,12H,5-6H2,1-4H3,(H,18,19,22). The molecule has 1 aromatic heterocycles. The van der Waals surface area contributed by atoms with E-state index in [9.17, 15) is 13.2 Å². The lowest BCUT2D eigenvalue weighted by molar-refractivity contribution is -0.117. The number of anilines is 2. The lowest BCUT2D eigenvalue weighted by Gasteiger charge is -2.31. The lowest BCUT2D eigenvalue weighted by atomic mass is 10.1. The van der Waals surface area contributed by atoms with E-state index in [1.807, 2.05) is 6.92 Å². The van der Waals surface area contributed by atoms with Crippen molar-refractivity contribution in [1.82, 2.24) is 10.2 Å². The number of carbonyl (C=O) groups is 1. The average molecular weight is 449 g/mol. The Labute approximate surface area is 172 Å². The molecule has 0 radical (unpaired) electrons. The van der Waals surface area contributed by atoms with Crippen LogP contribution in [0, 0.1) is 6.92 Å². The summed E-state index contributed by atoms with van der Waals surface area (Å²) in [6.07, 6.45) is 1.35. The molecular weight excluding hydrogens is 428 g/mol. The van der Waals surface area contributed by atoms with Gasteiger partial charge in [0.15, 0.2) is 4.34 Å². The molecule has 1 atom stereocenters. The quantitative estimate of drug-likeness (QED) is 0.487. The largest absolute Gasteiger partial charge is 0.299 e. The van der Waals surface area contributed by atoms with Crippen LogP contribution in [0.15, 0.2) is 22.5 Å². The van der Waals surface area contributed by atoms with Gasteiger partial charge in [0.1, 0.15) is 6.04 Å². The Morgan fingerprint density at radius 3 is 2.67 bits per heavy atom. The summed E-state index contributed by atoms with van der Waals surface area (Å²) in [6.45, 7) is 5.52. The van der Waals surface area contributed by atoms with Gasteiger partial charge in [0, 0.05) is 5.02 Å². The second-order valence-electron chi connectivity index (χ2n) is 5.71. The van der Waals surface area contributed by atoms with Crippen LogP contribution in [0.2, 0.25) is 5.02 Å². The van der Waals surface area contributed by atoms with Crippen molar-refractivity contribution < 1.29 is 13.2 Å². The smallest absolute Gasteiger partial charge is 0.250 e. The van der Waals surface area contributed by atoms with E-state index in [0.717, 1.165) is 20.7 Å². The molecule has 2 rings (SSSR count). The van der Waals surface area contributed by atoms with Crippen LogP contribution in [0.3, 0.4) is 0 Å².